The molecule has 2 N–H and O–H groups in total. The fraction of sp³-hybridized carbons (Fsp3) is 0.500. The lowest BCUT2D eigenvalue weighted by Crippen LogP contribution is -2.41. The van der Waals surface area contributed by atoms with Crippen LogP contribution in [-0.2, 0) is 6.42 Å². The summed E-state index contributed by atoms with van der Waals surface area (Å²) in [5, 5.41) is 6.45. The van der Waals surface area contributed by atoms with Gasteiger partial charge in [0.2, 0.25) is 0 Å². The summed E-state index contributed by atoms with van der Waals surface area (Å²) in [7, 11) is 0. The summed E-state index contributed by atoms with van der Waals surface area (Å²) < 4.78 is 0. The topological polar surface area (TPSA) is 62.2 Å². The Kier molecular flexibility index (Phi) is 3.48. The lowest BCUT2D eigenvalue weighted by molar-refractivity contribution is 0.697. The minimum atomic E-state index is 0.838. The highest BCUT2D eigenvalue weighted by molar-refractivity contribution is 5.80. The van der Waals surface area contributed by atoms with Crippen molar-refractivity contribution in [1.82, 2.24) is 20.6 Å². The van der Waals surface area contributed by atoms with Gasteiger partial charge in [0, 0.05) is 44.6 Å². The van der Waals surface area contributed by atoms with E-state index in [0.717, 1.165) is 44.1 Å². The van der Waals surface area contributed by atoms with E-state index in [0.29, 0.717) is 0 Å². The number of nitrogens with zero attached hydrogens (tertiary/aromatic N) is 3. The highest BCUT2D eigenvalue weighted by Gasteiger charge is 2.02. The molecule has 2 rings (SSSR count). The fourth-order valence-electron chi connectivity index (χ4n) is 1.42. The zero-order chi connectivity index (χ0) is 10.3. The van der Waals surface area contributed by atoms with E-state index < -0.39 is 0 Å². The summed E-state index contributed by atoms with van der Waals surface area (Å²) in [5.41, 5.74) is 1.00. The summed E-state index contributed by atoms with van der Waals surface area (Å²) in [5.74, 6) is 0.908. The summed E-state index contributed by atoms with van der Waals surface area (Å²) in [6.45, 7) is 2.77. The van der Waals surface area contributed by atoms with Crippen LogP contribution in [0.5, 0.6) is 0 Å². The quantitative estimate of drug-likeness (QED) is 0.726. The van der Waals surface area contributed by atoms with E-state index in [2.05, 4.69) is 25.6 Å². The second-order valence-corrected chi connectivity index (χ2v) is 3.38. The van der Waals surface area contributed by atoms with Crippen molar-refractivity contribution < 1.29 is 0 Å². The molecule has 1 aromatic rings. The van der Waals surface area contributed by atoms with Crippen LogP contribution in [0.3, 0.4) is 0 Å². The Morgan fingerprint density at radius 3 is 3.13 bits per heavy atom. The van der Waals surface area contributed by atoms with Gasteiger partial charge >= 0.3 is 0 Å². The van der Waals surface area contributed by atoms with Gasteiger partial charge < -0.3 is 10.6 Å². The lowest BCUT2D eigenvalue weighted by Gasteiger charge is -2.15. The van der Waals surface area contributed by atoms with Gasteiger partial charge in [-0.25, -0.2) is 0 Å². The van der Waals surface area contributed by atoms with Crippen molar-refractivity contribution in [3.63, 3.8) is 0 Å². The number of hydrogen-bond donors (Lipinski definition) is 2. The Hall–Kier alpha value is -1.65. The molecular weight excluding hydrogens is 190 g/mol. The van der Waals surface area contributed by atoms with Crippen LogP contribution in [0.2, 0.25) is 0 Å². The van der Waals surface area contributed by atoms with E-state index in [9.17, 15) is 0 Å². The van der Waals surface area contributed by atoms with E-state index in [-0.39, 0.29) is 0 Å². The monoisotopic (exact) mass is 205 g/mol. The van der Waals surface area contributed by atoms with E-state index in [1.54, 1.807) is 18.6 Å². The van der Waals surface area contributed by atoms with E-state index in [1.807, 2.05) is 0 Å². The van der Waals surface area contributed by atoms with Crippen LogP contribution in [0.4, 0.5) is 0 Å². The summed E-state index contributed by atoms with van der Waals surface area (Å²) in [4.78, 5) is 12.5. The van der Waals surface area contributed by atoms with Crippen molar-refractivity contribution in [1.29, 1.82) is 0 Å². The molecule has 0 fully saturated rings. The molecule has 2 heterocycles. The zero-order valence-electron chi connectivity index (χ0n) is 8.61. The normalized spacial score (nSPS) is 15.3. The molecule has 1 aliphatic heterocycles. The first kappa shape index (κ1) is 9.89. The van der Waals surface area contributed by atoms with Crippen LogP contribution in [-0.4, -0.2) is 35.6 Å². The minimum absolute atomic E-state index is 0.838. The molecule has 1 aliphatic rings. The summed E-state index contributed by atoms with van der Waals surface area (Å²) in [6, 6.07) is 0. The zero-order valence-corrected chi connectivity index (χ0v) is 8.61. The molecule has 0 aliphatic carbocycles. The Morgan fingerprint density at radius 1 is 1.40 bits per heavy atom. The smallest absolute Gasteiger partial charge is 0.191 e. The lowest BCUT2D eigenvalue weighted by atomic mass is 10.3. The Balaban J connectivity index is 1.73. The molecule has 1 aromatic heterocycles. The Labute approximate surface area is 89.0 Å². The Bertz CT molecular complexity index is 322. The van der Waals surface area contributed by atoms with Crippen LogP contribution >= 0.6 is 0 Å². The number of nitrogens with one attached hydrogen (secondary N) is 2. The van der Waals surface area contributed by atoms with Gasteiger partial charge in [-0.1, -0.05) is 0 Å². The summed E-state index contributed by atoms with van der Waals surface area (Å²) in [6.07, 6.45) is 7.18. The van der Waals surface area contributed by atoms with Crippen LogP contribution in [0, 0.1) is 0 Å². The van der Waals surface area contributed by atoms with E-state index in [1.165, 1.54) is 0 Å². The van der Waals surface area contributed by atoms with Gasteiger partial charge in [0.1, 0.15) is 0 Å². The van der Waals surface area contributed by atoms with Crippen LogP contribution < -0.4 is 10.6 Å². The first-order valence-electron chi connectivity index (χ1n) is 5.22. The summed E-state index contributed by atoms with van der Waals surface area (Å²) >= 11 is 0. The molecule has 5 heteroatoms. The molecule has 0 amide bonds. The van der Waals surface area contributed by atoms with Crippen LogP contribution in [0.15, 0.2) is 23.6 Å². The maximum atomic E-state index is 4.32. The first-order chi connectivity index (χ1) is 7.45. The predicted molar refractivity (Wildman–Crippen MR) is 58.7 cm³/mol. The number of hydrogen-bond acceptors (Lipinski definition) is 5. The van der Waals surface area contributed by atoms with Crippen molar-refractivity contribution in [2.24, 2.45) is 4.99 Å². The van der Waals surface area contributed by atoms with Crippen LogP contribution in [0.1, 0.15) is 12.1 Å². The fourth-order valence-corrected chi connectivity index (χ4v) is 1.42. The standard InChI is InChI=1S/C10H15N5/c1-3-13-10(14-4-1)15-5-2-9-8-11-6-7-12-9/h6-8H,1-5H2,(H2,13,14,15). The maximum Gasteiger partial charge on any atom is 0.191 e. The molecule has 0 bridgehead atoms. The Morgan fingerprint density at radius 2 is 2.40 bits per heavy atom. The molecule has 80 valence electrons. The van der Waals surface area contributed by atoms with Gasteiger partial charge in [-0.2, -0.15) is 0 Å². The molecule has 15 heavy (non-hydrogen) atoms. The van der Waals surface area contributed by atoms with Crippen molar-refractivity contribution in [2.75, 3.05) is 19.6 Å². The molecule has 0 radical (unpaired) electrons. The third kappa shape index (κ3) is 3.19. The van der Waals surface area contributed by atoms with Gasteiger partial charge in [-0.3, -0.25) is 15.0 Å². The van der Waals surface area contributed by atoms with Crippen molar-refractivity contribution in [3.05, 3.63) is 24.3 Å². The maximum absolute atomic E-state index is 4.32. The number of aromatic nitrogens is 2. The van der Waals surface area contributed by atoms with Crippen molar-refractivity contribution in [3.8, 4) is 0 Å². The van der Waals surface area contributed by atoms with E-state index in [4.69, 9.17) is 0 Å². The average molecular weight is 205 g/mol. The van der Waals surface area contributed by atoms with Gasteiger partial charge in [-0.15, -0.1) is 0 Å². The van der Waals surface area contributed by atoms with Crippen molar-refractivity contribution >= 4 is 5.96 Å². The highest BCUT2D eigenvalue weighted by atomic mass is 15.2. The highest BCUT2D eigenvalue weighted by Crippen LogP contribution is 1.91. The first-order valence-corrected chi connectivity index (χ1v) is 5.22. The SMILES string of the molecule is c1cnc(CCNC2=NCCCN2)cn1. The second-order valence-electron chi connectivity index (χ2n) is 3.38. The second kappa shape index (κ2) is 5.29. The van der Waals surface area contributed by atoms with Gasteiger partial charge in [0.25, 0.3) is 0 Å². The van der Waals surface area contributed by atoms with E-state index >= 15 is 0 Å². The number of guanidine groups is 1. The average Bonchev–Trinajstić information content (AvgIpc) is 2.32. The molecule has 5 nitrogen and oxygen atoms in total. The molecule has 0 unspecified atom stereocenters. The molecule has 0 atom stereocenters. The third-order valence-electron chi connectivity index (χ3n) is 2.19. The predicted octanol–water partition coefficient (Wildman–Crippen LogP) is -0.0420. The van der Waals surface area contributed by atoms with Gasteiger partial charge in [0.15, 0.2) is 5.96 Å². The molecular formula is C10H15N5. The molecule has 0 aromatic carbocycles. The van der Waals surface area contributed by atoms with Crippen LogP contribution in [0.25, 0.3) is 0 Å². The largest absolute Gasteiger partial charge is 0.356 e. The molecule has 0 saturated heterocycles. The number of rotatable bonds is 3. The van der Waals surface area contributed by atoms with Gasteiger partial charge in [-0.05, 0) is 6.42 Å². The minimum Gasteiger partial charge on any atom is -0.356 e. The third-order valence-corrected chi connectivity index (χ3v) is 2.19. The number of aliphatic imine (C=N–C) groups is 1. The molecule has 0 spiro atoms. The molecule has 0 saturated carbocycles. The van der Waals surface area contributed by atoms with Gasteiger partial charge in [0.05, 0.1) is 5.69 Å². The van der Waals surface area contributed by atoms with Crippen molar-refractivity contribution in [2.45, 2.75) is 12.8 Å².